The van der Waals surface area contributed by atoms with E-state index in [9.17, 15) is 9.59 Å². The molecule has 0 aliphatic heterocycles. The van der Waals surface area contributed by atoms with E-state index in [-0.39, 0.29) is 5.69 Å². The second kappa shape index (κ2) is 8.22. The Morgan fingerprint density at radius 2 is 1.64 bits per heavy atom. The molecule has 0 fully saturated rings. The van der Waals surface area contributed by atoms with Crippen molar-refractivity contribution in [2.24, 2.45) is 0 Å². The molecular formula is C17H16BrClN2O4. The second-order valence-electron chi connectivity index (χ2n) is 5.06. The van der Waals surface area contributed by atoms with Gasteiger partial charge in [0.15, 0.2) is 0 Å². The van der Waals surface area contributed by atoms with Gasteiger partial charge < -0.3 is 20.1 Å². The van der Waals surface area contributed by atoms with E-state index in [0.29, 0.717) is 22.2 Å². The highest BCUT2D eigenvalue weighted by atomic mass is 79.9. The Labute approximate surface area is 158 Å². The molecule has 6 nitrogen and oxygen atoms in total. The summed E-state index contributed by atoms with van der Waals surface area (Å²) in [6.45, 7) is 1.88. The standard InChI is InChI=1S/C17H16BrClN2O4/c1-9-6-10(4-5-11(9)18)20-16(22)17(23)21-13-8-14(24-2)12(19)7-15(13)25-3/h4-8H,1-3H3,(H,20,22)(H,21,23). The van der Waals surface area contributed by atoms with Crippen molar-refractivity contribution in [1.82, 2.24) is 0 Å². The van der Waals surface area contributed by atoms with Gasteiger partial charge in [0.25, 0.3) is 0 Å². The average molecular weight is 428 g/mol. The maximum Gasteiger partial charge on any atom is 0.314 e. The van der Waals surface area contributed by atoms with Crippen molar-refractivity contribution in [3.8, 4) is 11.5 Å². The minimum absolute atomic E-state index is 0.274. The average Bonchev–Trinajstić information content (AvgIpc) is 2.59. The molecule has 2 aromatic carbocycles. The zero-order chi connectivity index (χ0) is 18.6. The highest BCUT2D eigenvalue weighted by Gasteiger charge is 2.18. The molecule has 2 N–H and O–H groups in total. The van der Waals surface area contributed by atoms with Crippen LogP contribution in [0.2, 0.25) is 5.02 Å². The van der Waals surface area contributed by atoms with Crippen LogP contribution >= 0.6 is 27.5 Å². The SMILES string of the molecule is COc1cc(NC(=O)C(=O)Nc2ccc(Br)c(C)c2)c(OC)cc1Cl. The van der Waals surface area contributed by atoms with E-state index in [1.165, 1.54) is 26.4 Å². The van der Waals surface area contributed by atoms with Gasteiger partial charge in [0, 0.05) is 22.3 Å². The van der Waals surface area contributed by atoms with E-state index in [2.05, 4.69) is 26.6 Å². The van der Waals surface area contributed by atoms with Crippen LogP contribution in [0.4, 0.5) is 11.4 Å². The van der Waals surface area contributed by atoms with Gasteiger partial charge in [0.05, 0.1) is 24.9 Å². The van der Waals surface area contributed by atoms with Crippen molar-refractivity contribution in [2.45, 2.75) is 6.92 Å². The number of aryl methyl sites for hydroxylation is 1. The van der Waals surface area contributed by atoms with Crippen molar-refractivity contribution in [1.29, 1.82) is 0 Å². The minimum atomic E-state index is -0.844. The van der Waals surface area contributed by atoms with Crippen LogP contribution in [-0.2, 0) is 9.59 Å². The number of carbonyl (C=O) groups excluding carboxylic acids is 2. The number of halogens is 2. The highest BCUT2D eigenvalue weighted by Crippen LogP contribution is 2.35. The Morgan fingerprint density at radius 3 is 2.24 bits per heavy atom. The first-order chi connectivity index (χ1) is 11.8. The summed E-state index contributed by atoms with van der Waals surface area (Å²) in [4.78, 5) is 24.3. The molecule has 0 heterocycles. The lowest BCUT2D eigenvalue weighted by Crippen LogP contribution is -2.29. The zero-order valence-corrected chi connectivity index (χ0v) is 16.1. The highest BCUT2D eigenvalue weighted by molar-refractivity contribution is 9.10. The van der Waals surface area contributed by atoms with E-state index in [1.807, 2.05) is 6.92 Å². The van der Waals surface area contributed by atoms with Gasteiger partial charge in [-0.15, -0.1) is 0 Å². The van der Waals surface area contributed by atoms with Gasteiger partial charge in [0.1, 0.15) is 11.5 Å². The number of hydrogen-bond acceptors (Lipinski definition) is 4. The first-order valence-corrected chi connectivity index (χ1v) is 8.32. The first kappa shape index (κ1) is 19.1. The number of benzene rings is 2. The molecule has 0 saturated carbocycles. The molecule has 0 aliphatic rings. The number of carbonyl (C=O) groups is 2. The summed E-state index contributed by atoms with van der Waals surface area (Å²) in [5.41, 5.74) is 1.72. The minimum Gasteiger partial charge on any atom is -0.495 e. The Hall–Kier alpha value is -2.25. The molecule has 0 aliphatic carbocycles. The van der Waals surface area contributed by atoms with Crippen molar-refractivity contribution in [3.63, 3.8) is 0 Å². The van der Waals surface area contributed by atoms with Gasteiger partial charge in [-0.1, -0.05) is 27.5 Å². The third kappa shape index (κ3) is 4.64. The Bertz CT molecular complexity index is 827. The quantitative estimate of drug-likeness (QED) is 0.723. The topological polar surface area (TPSA) is 76.7 Å². The van der Waals surface area contributed by atoms with Gasteiger partial charge in [0.2, 0.25) is 0 Å². The molecule has 0 saturated heterocycles. The lowest BCUT2D eigenvalue weighted by Gasteiger charge is -2.13. The molecule has 0 spiro atoms. The number of amides is 2. The maximum absolute atomic E-state index is 12.2. The summed E-state index contributed by atoms with van der Waals surface area (Å²) in [5.74, 6) is -0.992. The lowest BCUT2D eigenvalue weighted by atomic mass is 10.2. The number of methoxy groups -OCH3 is 2. The number of rotatable bonds is 4. The first-order valence-electron chi connectivity index (χ1n) is 7.15. The molecule has 0 radical (unpaired) electrons. The molecule has 0 unspecified atom stereocenters. The predicted molar refractivity (Wildman–Crippen MR) is 101 cm³/mol. The fourth-order valence-corrected chi connectivity index (χ4v) is 2.52. The van der Waals surface area contributed by atoms with Crippen LogP contribution in [0.25, 0.3) is 0 Å². The Kier molecular flexibility index (Phi) is 6.27. The van der Waals surface area contributed by atoms with Crippen LogP contribution < -0.4 is 20.1 Å². The third-order valence-electron chi connectivity index (χ3n) is 3.34. The molecule has 8 heteroatoms. The van der Waals surface area contributed by atoms with Gasteiger partial charge >= 0.3 is 11.8 Å². The van der Waals surface area contributed by atoms with Gasteiger partial charge in [-0.05, 0) is 30.7 Å². The molecule has 0 bridgehead atoms. The van der Waals surface area contributed by atoms with Crippen LogP contribution in [-0.4, -0.2) is 26.0 Å². The van der Waals surface area contributed by atoms with Crippen LogP contribution in [0.5, 0.6) is 11.5 Å². The molecule has 132 valence electrons. The van der Waals surface area contributed by atoms with Crippen molar-refractivity contribution < 1.29 is 19.1 Å². The fraction of sp³-hybridized carbons (Fsp3) is 0.176. The van der Waals surface area contributed by atoms with E-state index in [0.717, 1.165) is 10.0 Å². The summed E-state index contributed by atoms with van der Waals surface area (Å²) in [6, 6.07) is 8.20. The van der Waals surface area contributed by atoms with E-state index in [4.69, 9.17) is 21.1 Å². The Balaban J connectivity index is 2.15. The smallest absolute Gasteiger partial charge is 0.314 e. The van der Waals surface area contributed by atoms with E-state index < -0.39 is 11.8 Å². The molecule has 0 atom stereocenters. The third-order valence-corrected chi connectivity index (χ3v) is 4.53. The van der Waals surface area contributed by atoms with Crippen molar-refractivity contribution in [3.05, 3.63) is 45.4 Å². The van der Waals surface area contributed by atoms with Crippen LogP contribution in [0.1, 0.15) is 5.56 Å². The second-order valence-corrected chi connectivity index (χ2v) is 6.32. The molecule has 2 rings (SSSR count). The largest absolute Gasteiger partial charge is 0.495 e. The molecular weight excluding hydrogens is 412 g/mol. The summed E-state index contributed by atoms with van der Waals surface area (Å²) in [6.07, 6.45) is 0. The normalized spacial score (nSPS) is 10.1. The zero-order valence-electron chi connectivity index (χ0n) is 13.8. The Morgan fingerprint density at radius 1 is 1.00 bits per heavy atom. The van der Waals surface area contributed by atoms with E-state index >= 15 is 0 Å². The summed E-state index contributed by atoms with van der Waals surface area (Å²) in [7, 11) is 2.88. The monoisotopic (exact) mass is 426 g/mol. The molecule has 2 amide bonds. The molecule has 0 aromatic heterocycles. The van der Waals surface area contributed by atoms with Crippen molar-refractivity contribution in [2.75, 3.05) is 24.9 Å². The molecule has 2 aromatic rings. The van der Waals surface area contributed by atoms with Crippen LogP contribution in [0.15, 0.2) is 34.8 Å². The summed E-state index contributed by atoms with van der Waals surface area (Å²) >= 11 is 9.39. The van der Waals surface area contributed by atoms with Gasteiger partial charge in [-0.3, -0.25) is 9.59 Å². The number of ether oxygens (including phenoxy) is 2. The number of nitrogens with one attached hydrogen (secondary N) is 2. The van der Waals surface area contributed by atoms with Gasteiger partial charge in [-0.2, -0.15) is 0 Å². The van der Waals surface area contributed by atoms with Crippen LogP contribution in [0, 0.1) is 6.92 Å². The van der Waals surface area contributed by atoms with Crippen LogP contribution in [0.3, 0.4) is 0 Å². The fourth-order valence-electron chi connectivity index (χ4n) is 2.05. The summed E-state index contributed by atoms with van der Waals surface area (Å²) < 4.78 is 11.2. The maximum atomic E-state index is 12.2. The number of anilines is 2. The predicted octanol–water partition coefficient (Wildman–Crippen LogP) is 4.01. The van der Waals surface area contributed by atoms with Crippen molar-refractivity contribution >= 4 is 50.7 Å². The van der Waals surface area contributed by atoms with E-state index in [1.54, 1.807) is 18.2 Å². The summed E-state index contributed by atoms with van der Waals surface area (Å²) in [5, 5.41) is 5.35. The number of hydrogen-bond donors (Lipinski definition) is 2. The molecule has 25 heavy (non-hydrogen) atoms. The van der Waals surface area contributed by atoms with Gasteiger partial charge in [-0.25, -0.2) is 0 Å². The lowest BCUT2D eigenvalue weighted by molar-refractivity contribution is -0.133.